The van der Waals surface area contributed by atoms with Gasteiger partial charge in [0, 0.05) is 0 Å². The van der Waals surface area contributed by atoms with E-state index in [1.807, 2.05) is 19.9 Å². The summed E-state index contributed by atoms with van der Waals surface area (Å²) in [6.45, 7) is 7.20. The number of aryl methyl sites for hydroxylation is 1. The van der Waals surface area contributed by atoms with E-state index < -0.39 is 7.60 Å². The highest BCUT2D eigenvalue weighted by Crippen LogP contribution is 2.43. The fourth-order valence-electron chi connectivity index (χ4n) is 1.18. The number of rotatable bonds is 4. The van der Waals surface area contributed by atoms with Crippen LogP contribution >= 0.6 is 7.60 Å². The molecule has 1 N–H and O–H groups in total. The van der Waals surface area contributed by atoms with Crippen LogP contribution in [0.3, 0.4) is 0 Å². The maximum Gasteiger partial charge on any atom is 0.380 e. The third kappa shape index (κ3) is 3.22. The second-order valence-electron chi connectivity index (χ2n) is 3.40. The van der Waals surface area contributed by atoms with Crippen LogP contribution in [0, 0.1) is 13.8 Å². The van der Waals surface area contributed by atoms with E-state index in [1.54, 1.807) is 12.1 Å². The first-order valence-electron chi connectivity index (χ1n) is 4.65. The SMILES string of the molecule is C=CCP(=O)(O)Oc1cccc(C)c1C. The molecule has 0 aromatic heterocycles. The van der Waals surface area contributed by atoms with Crippen LogP contribution < -0.4 is 4.52 Å². The van der Waals surface area contributed by atoms with Crippen LogP contribution in [-0.4, -0.2) is 11.1 Å². The summed E-state index contributed by atoms with van der Waals surface area (Å²) < 4.78 is 16.6. The predicted octanol–water partition coefficient (Wildman–Crippen LogP) is 3.05. The van der Waals surface area contributed by atoms with Gasteiger partial charge in [0.25, 0.3) is 0 Å². The molecule has 3 nitrogen and oxygen atoms in total. The fourth-order valence-corrected chi connectivity index (χ4v) is 2.08. The summed E-state index contributed by atoms with van der Waals surface area (Å²) in [6, 6.07) is 5.41. The Hall–Kier alpha value is -1.05. The zero-order valence-corrected chi connectivity index (χ0v) is 9.83. The van der Waals surface area contributed by atoms with Crippen LogP contribution in [0.15, 0.2) is 30.9 Å². The summed E-state index contributed by atoms with van der Waals surface area (Å²) in [5.74, 6) is 0.461. The van der Waals surface area contributed by atoms with Gasteiger partial charge in [-0.05, 0) is 31.0 Å². The quantitative estimate of drug-likeness (QED) is 0.634. The zero-order valence-electron chi connectivity index (χ0n) is 8.93. The molecule has 0 aliphatic heterocycles. The van der Waals surface area contributed by atoms with E-state index in [0.717, 1.165) is 11.1 Å². The Balaban J connectivity index is 2.94. The van der Waals surface area contributed by atoms with Crippen LogP contribution in [0.1, 0.15) is 11.1 Å². The highest BCUT2D eigenvalue weighted by Gasteiger charge is 2.19. The smallest absolute Gasteiger partial charge is 0.380 e. The Morgan fingerprint density at radius 3 is 2.80 bits per heavy atom. The monoisotopic (exact) mass is 226 g/mol. The highest BCUT2D eigenvalue weighted by atomic mass is 31.2. The van der Waals surface area contributed by atoms with Gasteiger partial charge in [-0.1, -0.05) is 18.2 Å². The van der Waals surface area contributed by atoms with E-state index in [0.29, 0.717) is 5.75 Å². The molecule has 0 aliphatic carbocycles. The van der Waals surface area contributed by atoms with Gasteiger partial charge in [-0.15, -0.1) is 6.58 Å². The third-order valence-corrected chi connectivity index (χ3v) is 3.36. The van der Waals surface area contributed by atoms with Crippen molar-refractivity contribution in [3.8, 4) is 5.75 Å². The Bertz CT molecular complexity index is 412. The molecule has 0 saturated carbocycles. The van der Waals surface area contributed by atoms with Gasteiger partial charge in [-0.2, -0.15) is 0 Å². The van der Waals surface area contributed by atoms with Gasteiger partial charge in [-0.25, -0.2) is 4.57 Å². The summed E-state index contributed by atoms with van der Waals surface area (Å²) in [4.78, 5) is 9.45. The van der Waals surface area contributed by atoms with Gasteiger partial charge in [0.05, 0.1) is 6.16 Å². The topological polar surface area (TPSA) is 46.5 Å². The van der Waals surface area contributed by atoms with Crippen molar-refractivity contribution in [3.05, 3.63) is 42.0 Å². The van der Waals surface area contributed by atoms with Gasteiger partial charge in [0.1, 0.15) is 5.75 Å². The molecule has 0 amide bonds. The Morgan fingerprint density at radius 2 is 2.20 bits per heavy atom. The summed E-state index contributed by atoms with van der Waals surface area (Å²) >= 11 is 0. The van der Waals surface area contributed by atoms with Gasteiger partial charge in [0.15, 0.2) is 0 Å². The minimum absolute atomic E-state index is 0.0413. The molecular formula is C11H15O3P. The van der Waals surface area contributed by atoms with Crippen molar-refractivity contribution in [1.29, 1.82) is 0 Å². The molecule has 0 spiro atoms. The first-order chi connectivity index (χ1) is 6.96. The van der Waals surface area contributed by atoms with Crippen LogP contribution in [-0.2, 0) is 4.57 Å². The van der Waals surface area contributed by atoms with Crippen molar-refractivity contribution < 1.29 is 14.0 Å². The molecule has 1 atom stereocenters. The van der Waals surface area contributed by atoms with Crippen molar-refractivity contribution in [2.45, 2.75) is 13.8 Å². The predicted molar refractivity (Wildman–Crippen MR) is 61.4 cm³/mol. The Morgan fingerprint density at radius 1 is 1.53 bits per heavy atom. The van der Waals surface area contributed by atoms with Crippen LogP contribution in [0.25, 0.3) is 0 Å². The van der Waals surface area contributed by atoms with E-state index in [-0.39, 0.29) is 6.16 Å². The van der Waals surface area contributed by atoms with Crippen molar-refractivity contribution in [1.82, 2.24) is 0 Å². The number of hydrogen-bond donors (Lipinski definition) is 1. The molecule has 1 unspecified atom stereocenters. The summed E-state index contributed by atoms with van der Waals surface area (Å²) in [5.41, 5.74) is 1.92. The first kappa shape index (κ1) is 12.0. The molecule has 0 fully saturated rings. The molecule has 0 heterocycles. The molecule has 0 aliphatic rings. The van der Waals surface area contributed by atoms with Gasteiger partial charge < -0.3 is 9.42 Å². The minimum Gasteiger partial charge on any atom is -0.424 e. The Labute approximate surface area is 89.9 Å². The molecule has 82 valence electrons. The summed E-state index contributed by atoms with van der Waals surface area (Å²) in [5, 5.41) is 0. The molecule has 0 bridgehead atoms. The number of hydrogen-bond acceptors (Lipinski definition) is 2. The molecule has 1 rings (SSSR count). The molecule has 1 aromatic carbocycles. The zero-order chi connectivity index (χ0) is 11.5. The van der Waals surface area contributed by atoms with Crippen molar-refractivity contribution in [2.24, 2.45) is 0 Å². The molecule has 4 heteroatoms. The maximum absolute atomic E-state index is 11.5. The highest BCUT2D eigenvalue weighted by molar-refractivity contribution is 7.53. The minimum atomic E-state index is -3.58. The third-order valence-electron chi connectivity index (χ3n) is 2.16. The normalized spacial score (nSPS) is 14.3. The van der Waals surface area contributed by atoms with E-state index in [1.165, 1.54) is 6.08 Å². The van der Waals surface area contributed by atoms with E-state index in [4.69, 9.17) is 4.52 Å². The second kappa shape index (κ2) is 4.65. The standard InChI is InChI=1S/C11H15O3P/c1-4-8-15(12,13)14-11-7-5-6-9(2)10(11)3/h4-7H,1,8H2,2-3H3,(H,12,13). The first-order valence-corrected chi connectivity index (χ1v) is 6.41. The van der Waals surface area contributed by atoms with Crippen LogP contribution in [0.2, 0.25) is 0 Å². The molecular weight excluding hydrogens is 211 g/mol. The second-order valence-corrected chi connectivity index (χ2v) is 5.22. The lowest BCUT2D eigenvalue weighted by Gasteiger charge is -2.14. The van der Waals surface area contributed by atoms with Crippen molar-refractivity contribution >= 4 is 7.60 Å². The Kier molecular flexibility index (Phi) is 3.72. The van der Waals surface area contributed by atoms with Gasteiger partial charge >= 0.3 is 7.60 Å². The average molecular weight is 226 g/mol. The van der Waals surface area contributed by atoms with E-state index in [2.05, 4.69) is 6.58 Å². The molecule has 0 saturated heterocycles. The molecule has 1 aromatic rings. The van der Waals surface area contributed by atoms with Crippen molar-refractivity contribution in [3.63, 3.8) is 0 Å². The van der Waals surface area contributed by atoms with E-state index >= 15 is 0 Å². The lowest BCUT2D eigenvalue weighted by molar-refractivity contribution is 0.382. The largest absolute Gasteiger partial charge is 0.424 e. The molecule has 0 radical (unpaired) electrons. The summed E-state index contributed by atoms with van der Waals surface area (Å²) in [6.07, 6.45) is 1.34. The van der Waals surface area contributed by atoms with Gasteiger partial charge in [0.2, 0.25) is 0 Å². The number of benzene rings is 1. The molecule has 15 heavy (non-hydrogen) atoms. The fraction of sp³-hybridized carbons (Fsp3) is 0.273. The van der Waals surface area contributed by atoms with Crippen LogP contribution in [0.5, 0.6) is 5.75 Å². The maximum atomic E-state index is 11.5. The van der Waals surface area contributed by atoms with Crippen LogP contribution in [0.4, 0.5) is 0 Å². The number of allylic oxidation sites excluding steroid dienone is 1. The average Bonchev–Trinajstić information content (AvgIpc) is 2.12. The summed E-state index contributed by atoms with van der Waals surface area (Å²) in [7, 11) is -3.58. The lowest BCUT2D eigenvalue weighted by atomic mass is 10.1. The van der Waals surface area contributed by atoms with Gasteiger partial charge in [-0.3, -0.25) is 0 Å². The lowest BCUT2D eigenvalue weighted by Crippen LogP contribution is -1.97. The van der Waals surface area contributed by atoms with Crippen molar-refractivity contribution in [2.75, 3.05) is 6.16 Å². The van der Waals surface area contributed by atoms with E-state index in [9.17, 15) is 9.46 Å².